The lowest BCUT2D eigenvalue weighted by Crippen LogP contribution is -2.30. The van der Waals surface area contributed by atoms with Crippen molar-refractivity contribution in [3.05, 3.63) is 138 Å². The summed E-state index contributed by atoms with van der Waals surface area (Å²) in [7, 11) is 0. The minimum atomic E-state index is -0.0747. The van der Waals surface area contributed by atoms with Crippen LogP contribution in [-0.2, 0) is 5.41 Å². The molecule has 1 nitrogen and oxygen atoms in total. The number of anilines is 3. The third kappa shape index (κ3) is 3.73. The summed E-state index contributed by atoms with van der Waals surface area (Å²) in [5.74, 6) is 0. The predicted molar refractivity (Wildman–Crippen MR) is 154 cm³/mol. The first kappa shape index (κ1) is 22.7. The number of hydrogen-bond acceptors (Lipinski definition) is 2. The number of rotatable bonds is 4. The van der Waals surface area contributed by atoms with Crippen LogP contribution in [0.1, 0.15) is 30.5 Å². The van der Waals surface area contributed by atoms with Gasteiger partial charge in [0.05, 0.1) is 17.1 Å². The third-order valence-corrected chi connectivity index (χ3v) is 8.34. The maximum atomic E-state index is 2.47. The van der Waals surface area contributed by atoms with Gasteiger partial charge in [-0.2, -0.15) is 0 Å². The fourth-order valence-electron chi connectivity index (χ4n) is 5.50. The number of benzene rings is 5. The third-order valence-electron chi connectivity index (χ3n) is 7.26. The minimum absolute atomic E-state index is 0.0747. The molecule has 1 aliphatic heterocycles. The average molecular weight is 484 g/mol. The molecule has 1 aliphatic rings. The van der Waals surface area contributed by atoms with Crippen LogP contribution >= 0.6 is 11.8 Å². The Morgan fingerprint density at radius 3 is 1.81 bits per heavy atom. The summed E-state index contributed by atoms with van der Waals surface area (Å²) in [5.41, 5.74) is 10.2. The second kappa shape index (κ2) is 9.04. The van der Waals surface area contributed by atoms with Crippen molar-refractivity contribution in [1.29, 1.82) is 0 Å². The second-order valence-corrected chi connectivity index (χ2v) is 11.0. The lowest BCUT2D eigenvalue weighted by molar-refractivity contribution is 0.632. The zero-order valence-electron chi connectivity index (χ0n) is 20.9. The van der Waals surface area contributed by atoms with E-state index in [1.807, 2.05) is 11.8 Å². The van der Waals surface area contributed by atoms with Gasteiger partial charge in [-0.3, -0.25) is 0 Å². The van der Waals surface area contributed by atoms with Gasteiger partial charge in [0.1, 0.15) is 0 Å². The summed E-state index contributed by atoms with van der Waals surface area (Å²) in [6, 6.07) is 43.9. The van der Waals surface area contributed by atoms with E-state index >= 15 is 0 Å². The van der Waals surface area contributed by atoms with Crippen molar-refractivity contribution >= 4 is 28.8 Å². The van der Waals surface area contributed by atoms with Crippen LogP contribution < -0.4 is 4.90 Å². The first-order chi connectivity index (χ1) is 17.6. The molecule has 0 saturated heterocycles. The minimum Gasteiger partial charge on any atom is -0.309 e. The topological polar surface area (TPSA) is 3.24 Å². The van der Waals surface area contributed by atoms with E-state index in [1.165, 1.54) is 54.7 Å². The summed E-state index contributed by atoms with van der Waals surface area (Å²) >= 11 is 1.83. The van der Waals surface area contributed by atoms with Crippen molar-refractivity contribution in [3.8, 4) is 11.1 Å². The van der Waals surface area contributed by atoms with E-state index in [2.05, 4.69) is 147 Å². The maximum Gasteiger partial charge on any atom is 0.0543 e. The molecule has 0 saturated carbocycles. The van der Waals surface area contributed by atoms with Gasteiger partial charge in [0.2, 0.25) is 0 Å². The Balaban J connectivity index is 1.60. The molecule has 176 valence electrons. The van der Waals surface area contributed by atoms with E-state index in [9.17, 15) is 0 Å². The normalized spacial score (nSPS) is 13.7. The number of hydrogen-bond donors (Lipinski definition) is 0. The highest BCUT2D eigenvalue weighted by Crippen LogP contribution is 2.54. The summed E-state index contributed by atoms with van der Waals surface area (Å²) in [4.78, 5) is 4.98. The summed E-state index contributed by atoms with van der Waals surface area (Å²) in [6.45, 7) is 6.91. The van der Waals surface area contributed by atoms with Crippen LogP contribution in [0.5, 0.6) is 0 Å². The van der Waals surface area contributed by atoms with E-state index in [1.54, 1.807) is 0 Å². The van der Waals surface area contributed by atoms with Gasteiger partial charge in [0, 0.05) is 20.8 Å². The SMILES string of the molecule is Cc1cccc(N2c3ccccc3C(C)(C)c3ccccc32)c1-c1ccccc1Sc1ccccc1. The molecule has 6 rings (SSSR count). The Hall–Kier alpha value is -3.75. The van der Waals surface area contributed by atoms with E-state index in [0.717, 1.165) is 0 Å². The van der Waals surface area contributed by atoms with Gasteiger partial charge < -0.3 is 4.90 Å². The monoisotopic (exact) mass is 483 g/mol. The largest absolute Gasteiger partial charge is 0.309 e. The quantitative estimate of drug-likeness (QED) is 0.250. The zero-order chi connectivity index (χ0) is 24.7. The Bertz CT molecular complexity index is 1500. The van der Waals surface area contributed by atoms with Crippen LogP contribution in [0.2, 0.25) is 0 Å². The Labute approximate surface area is 218 Å². The molecule has 0 radical (unpaired) electrons. The molecule has 5 aromatic rings. The highest BCUT2D eigenvalue weighted by Gasteiger charge is 2.37. The van der Waals surface area contributed by atoms with Crippen LogP contribution in [0.4, 0.5) is 17.1 Å². The van der Waals surface area contributed by atoms with Gasteiger partial charge in [-0.15, -0.1) is 0 Å². The molecule has 0 fully saturated rings. The number of nitrogens with zero attached hydrogens (tertiary/aromatic N) is 1. The first-order valence-corrected chi connectivity index (χ1v) is 13.3. The van der Waals surface area contributed by atoms with Gasteiger partial charge in [-0.1, -0.05) is 111 Å². The molecular weight excluding hydrogens is 454 g/mol. The Morgan fingerprint density at radius 2 is 1.11 bits per heavy atom. The highest BCUT2D eigenvalue weighted by molar-refractivity contribution is 7.99. The fraction of sp³-hybridized carbons (Fsp3) is 0.118. The van der Waals surface area contributed by atoms with Gasteiger partial charge >= 0.3 is 0 Å². The molecule has 2 heteroatoms. The molecule has 5 aromatic carbocycles. The van der Waals surface area contributed by atoms with E-state index in [4.69, 9.17) is 0 Å². The van der Waals surface area contributed by atoms with Crippen LogP contribution in [-0.4, -0.2) is 0 Å². The molecule has 0 bridgehead atoms. The smallest absolute Gasteiger partial charge is 0.0543 e. The van der Waals surface area contributed by atoms with Gasteiger partial charge in [-0.25, -0.2) is 0 Å². The van der Waals surface area contributed by atoms with Crippen LogP contribution in [0.25, 0.3) is 11.1 Å². The van der Waals surface area contributed by atoms with E-state index < -0.39 is 0 Å². The molecule has 0 aliphatic carbocycles. The standard InChI is InChI=1S/C34H29NS/c1-24-14-13-22-31(33(24)26-17-7-12-23-32(26)36-25-15-5-4-6-16-25)35-29-20-10-8-18-27(29)34(2,3)28-19-9-11-21-30(28)35/h4-23H,1-3H3. The van der Waals surface area contributed by atoms with Crippen LogP contribution in [0.3, 0.4) is 0 Å². The molecule has 0 atom stereocenters. The fourth-order valence-corrected chi connectivity index (χ4v) is 6.47. The molecule has 0 amide bonds. The average Bonchev–Trinajstić information content (AvgIpc) is 2.90. The van der Waals surface area contributed by atoms with Gasteiger partial charge in [0.25, 0.3) is 0 Å². The Kier molecular flexibility index (Phi) is 5.70. The zero-order valence-corrected chi connectivity index (χ0v) is 21.7. The van der Waals surface area contributed by atoms with Gasteiger partial charge in [-0.05, 0) is 65.6 Å². The number of fused-ring (bicyclic) bond motifs is 2. The molecule has 0 aromatic heterocycles. The first-order valence-electron chi connectivity index (χ1n) is 12.5. The second-order valence-electron chi connectivity index (χ2n) is 9.88. The lowest BCUT2D eigenvalue weighted by atomic mass is 9.73. The van der Waals surface area contributed by atoms with E-state index in [0.29, 0.717) is 0 Å². The molecule has 0 N–H and O–H groups in total. The molecule has 0 spiro atoms. The molecule has 36 heavy (non-hydrogen) atoms. The number of aryl methyl sites for hydroxylation is 1. The number of para-hydroxylation sites is 2. The van der Waals surface area contributed by atoms with Crippen molar-refractivity contribution in [3.63, 3.8) is 0 Å². The van der Waals surface area contributed by atoms with Crippen molar-refractivity contribution in [1.82, 2.24) is 0 Å². The summed E-state index contributed by atoms with van der Waals surface area (Å²) in [6.07, 6.45) is 0. The van der Waals surface area contributed by atoms with Crippen molar-refractivity contribution in [2.24, 2.45) is 0 Å². The predicted octanol–water partition coefficient (Wildman–Crippen LogP) is 9.92. The summed E-state index contributed by atoms with van der Waals surface area (Å²) in [5, 5.41) is 0. The highest BCUT2D eigenvalue weighted by atomic mass is 32.2. The lowest BCUT2D eigenvalue weighted by Gasteiger charge is -2.42. The van der Waals surface area contributed by atoms with Crippen LogP contribution in [0.15, 0.2) is 131 Å². The Morgan fingerprint density at radius 1 is 0.556 bits per heavy atom. The molecule has 1 heterocycles. The maximum absolute atomic E-state index is 2.47. The van der Waals surface area contributed by atoms with Crippen LogP contribution in [0, 0.1) is 6.92 Å². The van der Waals surface area contributed by atoms with Crippen molar-refractivity contribution < 1.29 is 0 Å². The molecular formula is C34H29NS. The van der Waals surface area contributed by atoms with Crippen molar-refractivity contribution in [2.75, 3.05) is 4.90 Å². The molecule has 0 unspecified atom stereocenters. The van der Waals surface area contributed by atoms with Gasteiger partial charge in [0.15, 0.2) is 0 Å². The summed E-state index contributed by atoms with van der Waals surface area (Å²) < 4.78 is 0. The van der Waals surface area contributed by atoms with Crippen molar-refractivity contribution in [2.45, 2.75) is 36.0 Å². The van der Waals surface area contributed by atoms with E-state index in [-0.39, 0.29) is 5.41 Å².